The minimum Gasteiger partial charge on any atom is -0.657 e. The summed E-state index contributed by atoms with van der Waals surface area (Å²) in [6, 6.07) is 49.3. The molecule has 8 nitrogen and oxygen atoms in total. The minimum absolute atomic E-state index is 0. The fraction of sp³-hybridized carbons (Fsp3) is 0.327. The maximum atomic E-state index is 5.76. The number of nitrogens with zero attached hydrogens (tertiary/aromatic N) is 8. The Hall–Kier alpha value is -9.11. The van der Waals surface area contributed by atoms with Crippen molar-refractivity contribution in [1.82, 2.24) is 39.9 Å². The number of benzene rings is 4. The first kappa shape index (κ1) is 78.5. The topological polar surface area (TPSA) is 108 Å². The first-order valence-corrected chi connectivity index (χ1v) is 37.7. The molecule has 0 aliphatic carbocycles. The molecule has 0 fully saturated rings. The molecule has 538 valence electrons. The van der Waals surface area contributed by atoms with Gasteiger partial charge in [-0.1, -0.05) is 311 Å². The average Bonchev–Trinajstić information content (AvgIpc) is 1.51. The first-order chi connectivity index (χ1) is 49.5. The molecule has 0 radical (unpaired) electrons. The van der Waals surface area contributed by atoms with Gasteiger partial charge in [0.1, 0.15) is 0 Å². The van der Waals surface area contributed by atoms with Crippen LogP contribution in [0.2, 0.25) is 0 Å². The van der Waals surface area contributed by atoms with Crippen molar-refractivity contribution in [3.05, 3.63) is 235 Å². The van der Waals surface area contributed by atoms with Crippen LogP contribution in [-0.4, -0.2) is 19.9 Å². The normalized spacial score (nSPS) is 13.4. The SMILES string of the molecule is CC(C)(C)c1cc(-c2c3nc(c(C#Cc4c5nc(c(-c6cc(C(C)(C)C)cc(C(C)(C)C)c6)c6ccc(cc7nc(c(-c8cc(C(C)(C)C)cc(C(C)(C)C)c8)c8ccc4[n-]8)C=C7)[n-]6)C=C5)c4ccc([n-]4)c(-c4cc(C(C)(C)C)cc(C(C)(C)C)c4)c4nc(cc5ccc2[n-]5)C=C4)C=C3)cc(C(C)(C)C)c1.[Zn+2].[Zn+2]. The Morgan fingerprint density at radius 2 is 0.435 bits per heavy atom. The molecule has 4 aliphatic heterocycles. The molecule has 0 N–H and O–H groups in total. The molecule has 0 amide bonds. The molecule has 0 saturated heterocycles. The maximum absolute atomic E-state index is 5.76. The van der Waals surface area contributed by atoms with Crippen LogP contribution >= 0.6 is 0 Å². The Balaban J connectivity index is 0.00000545. The van der Waals surface area contributed by atoms with E-state index in [0.717, 1.165) is 112 Å². The van der Waals surface area contributed by atoms with Gasteiger partial charge in [-0.3, -0.25) is 0 Å². The van der Waals surface area contributed by atoms with E-state index in [4.69, 9.17) is 39.9 Å². The molecule has 10 heterocycles. The predicted molar refractivity (Wildman–Crippen MR) is 451 cm³/mol. The second-order valence-corrected chi connectivity index (χ2v) is 37.9. The van der Waals surface area contributed by atoms with Crippen molar-refractivity contribution in [3.63, 3.8) is 0 Å². The summed E-state index contributed by atoms with van der Waals surface area (Å²) in [5.41, 5.74) is 30.0. The van der Waals surface area contributed by atoms with E-state index < -0.39 is 0 Å². The molecule has 0 unspecified atom stereocenters. The van der Waals surface area contributed by atoms with Gasteiger partial charge in [-0.15, -0.1) is 44.1 Å². The zero-order valence-electron chi connectivity index (χ0n) is 68.3. The Bertz CT molecular complexity index is 5220. The molecule has 4 aliphatic rings. The van der Waals surface area contributed by atoms with Crippen LogP contribution in [0.4, 0.5) is 0 Å². The van der Waals surface area contributed by atoms with Crippen molar-refractivity contribution in [2.24, 2.45) is 0 Å². The molecule has 0 atom stereocenters. The van der Waals surface area contributed by atoms with E-state index >= 15 is 0 Å². The van der Waals surface area contributed by atoms with Crippen molar-refractivity contribution in [2.75, 3.05) is 0 Å². The van der Waals surface area contributed by atoms with E-state index in [9.17, 15) is 0 Å². The third-order valence-corrected chi connectivity index (χ3v) is 21.0. The largest absolute Gasteiger partial charge is 2.00 e. The first-order valence-electron chi connectivity index (χ1n) is 37.7. The summed E-state index contributed by atoms with van der Waals surface area (Å²) >= 11 is 0. The Labute approximate surface area is 667 Å². The zero-order chi connectivity index (χ0) is 75.9. The fourth-order valence-electron chi connectivity index (χ4n) is 14.2. The third kappa shape index (κ3) is 16.0. The third-order valence-electron chi connectivity index (χ3n) is 21.0. The van der Waals surface area contributed by atoms with Gasteiger partial charge in [0.05, 0.1) is 45.6 Å². The molecule has 108 heavy (non-hydrogen) atoms. The van der Waals surface area contributed by atoms with E-state index in [0.29, 0.717) is 33.5 Å². The number of rotatable bonds is 4. The maximum Gasteiger partial charge on any atom is 2.00 e. The smallest absolute Gasteiger partial charge is 0.657 e. The molecule has 0 spiro atoms. The van der Waals surface area contributed by atoms with E-state index in [1.165, 1.54) is 44.5 Å². The summed E-state index contributed by atoms with van der Waals surface area (Å²) in [6.07, 6.45) is 16.9. The number of aromatic nitrogens is 8. The van der Waals surface area contributed by atoms with Gasteiger partial charge in [0.2, 0.25) is 0 Å². The Morgan fingerprint density at radius 1 is 0.222 bits per heavy atom. The average molecular weight is 1520 g/mol. The molecular formula is C98H102N8Zn2. The molecule has 10 heteroatoms. The van der Waals surface area contributed by atoms with Crippen LogP contribution in [0.1, 0.15) is 267 Å². The van der Waals surface area contributed by atoms with E-state index in [1.807, 2.05) is 0 Å². The summed E-state index contributed by atoms with van der Waals surface area (Å²) in [6.45, 7) is 54.8. The summed E-state index contributed by atoms with van der Waals surface area (Å²) in [5.74, 6) is 7.74. The Kier molecular flexibility index (Phi) is 20.4. The van der Waals surface area contributed by atoms with Gasteiger partial charge in [-0.05, 0) is 181 Å². The standard InChI is InChI=1S/C98H102N8.2Zn/c1-91(2,3)61-43-57(44-62(51-61)92(4,5)6)87-79-31-25-69(99-79)55-70-26-32-80(100-70)88(58-45-63(93(7,8)9)52-64(46-58)94(10,11)12)84-40-36-76(104-84)73(75-35-39-83(87)103-75)29-30-74-77-37-41-85(105-77)89(59-47-65(95(13,14)15)53-66(48-59)96(16,17)18)81-33-27-71(101-81)56-72-28-34-82(102-72)90(86-42-38-78(74)106-86)60-49-67(97(19,20)21)54-68(50-60)98(22,23)24;;/h25-28,31-56H,1-24H3;;/q-4;2*+2. The predicted octanol–water partition coefficient (Wildman–Crippen LogP) is 24.6. The summed E-state index contributed by atoms with van der Waals surface area (Å²) in [5, 5.41) is 0. The van der Waals surface area contributed by atoms with E-state index in [2.05, 4.69) is 360 Å². The van der Waals surface area contributed by atoms with Crippen LogP contribution < -0.4 is 19.9 Å². The van der Waals surface area contributed by atoms with Crippen LogP contribution in [0.15, 0.2) is 133 Å². The summed E-state index contributed by atoms with van der Waals surface area (Å²) in [4.78, 5) is 44.9. The van der Waals surface area contributed by atoms with Gasteiger partial charge in [0.15, 0.2) is 0 Å². The molecule has 14 rings (SSSR count). The van der Waals surface area contributed by atoms with Crippen molar-refractivity contribution in [2.45, 2.75) is 209 Å². The van der Waals surface area contributed by atoms with Crippen LogP contribution in [-0.2, 0) is 82.3 Å². The molecule has 10 aromatic rings. The van der Waals surface area contributed by atoms with Crippen molar-refractivity contribution < 1.29 is 39.0 Å². The van der Waals surface area contributed by atoms with E-state index in [1.54, 1.807) is 0 Å². The monoisotopic (exact) mass is 1520 g/mol. The fourth-order valence-corrected chi connectivity index (χ4v) is 14.2. The number of fused-ring (bicyclic) bond motifs is 16. The molecule has 6 aromatic heterocycles. The van der Waals surface area contributed by atoms with Gasteiger partial charge in [-0.25, -0.2) is 19.9 Å². The van der Waals surface area contributed by atoms with Gasteiger partial charge in [0, 0.05) is 11.1 Å². The van der Waals surface area contributed by atoms with Crippen LogP contribution in [0.3, 0.4) is 0 Å². The van der Waals surface area contributed by atoms with Gasteiger partial charge >= 0.3 is 39.0 Å². The second kappa shape index (κ2) is 28.1. The van der Waals surface area contributed by atoms with Crippen LogP contribution in [0.25, 0.3) is 137 Å². The van der Waals surface area contributed by atoms with Crippen LogP contribution in [0, 0.1) is 11.8 Å². The second-order valence-electron chi connectivity index (χ2n) is 37.9. The van der Waals surface area contributed by atoms with Crippen molar-refractivity contribution in [1.29, 1.82) is 0 Å². The summed E-state index contributed by atoms with van der Waals surface area (Å²) < 4.78 is 0. The number of hydrogen-bond acceptors (Lipinski definition) is 4. The van der Waals surface area contributed by atoms with E-state index in [-0.39, 0.29) is 82.3 Å². The summed E-state index contributed by atoms with van der Waals surface area (Å²) in [7, 11) is 0. The van der Waals surface area contributed by atoms with Gasteiger partial charge in [0.25, 0.3) is 0 Å². The minimum atomic E-state index is -0.155. The molecule has 16 bridgehead atoms. The van der Waals surface area contributed by atoms with Crippen molar-refractivity contribution in [3.8, 4) is 56.3 Å². The molecular weight excluding hydrogens is 1420 g/mol. The van der Waals surface area contributed by atoms with Gasteiger partial charge < -0.3 is 19.9 Å². The number of hydrogen-bond donors (Lipinski definition) is 0. The zero-order valence-corrected chi connectivity index (χ0v) is 74.2. The Morgan fingerprint density at radius 3 is 0.694 bits per heavy atom. The molecule has 4 aromatic carbocycles. The van der Waals surface area contributed by atoms with Crippen molar-refractivity contribution >= 4 is 92.7 Å². The quantitative estimate of drug-likeness (QED) is 0.127. The molecule has 0 saturated carbocycles. The van der Waals surface area contributed by atoms with Gasteiger partial charge in [-0.2, -0.15) is 0 Å². The van der Waals surface area contributed by atoms with Crippen LogP contribution in [0.5, 0.6) is 0 Å².